The molecule has 1 atom stereocenters. The van der Waals surface area contributed by atoms with E-state index in [0.717, 1.165) is 22.4 Å². The largest absolute Gasteiger partial charge is 0.480 e. The Morgan fingerprint density at radius 2 is 1.88 bits per heavy atom. The Morgan fingerprint density at radius 3 is 2.58 bits per heavy atom. The van der Waals surface area contributed by atoms with E-state index >= 15 is 0 Å². The van der Waals surface area contributed by atoms with Crippen LogP contribution in [0.4, 0.5) is 0 Å². The molecule has 0 heterocycles. The van der Waals surface area contributed by atoms with Crippen LogP contribution < -0.4 is 5.32 Å². The summed E-state index contributed by atoms with van der Waals surface area (Å²) in [5.74, 6) is -2.10. The van der Waals surface area contributed by atoms with E-state index < -0.39 is 23.9 Å². The molecule has 0 radical (unpaired) electrons. The molecule has 0 aromatic heterocycles. The van der Waals surface area contributed by atoms with Gasteiger partial charge in [-0.2, -0.15) is 0 Å². The van der Waals surface area contributed by atoms with Gasteiger partial charge in [0.15, 0.2) is 0 Å². The molecule has 0 aliphatic carbocycles. The molecule has 0 spiro atoms. The number of benzene rings is 2. The Balaban J connectivity index is 1.95. The lowest BCUT2D eigenvalue weighted by atomic mass is 10.0. The third kappa shape index (κ3) is 5.73. The molecule has 6 heteroatoms. The number of hydrogen-bond donors (Lipinski definition) is 2. The number of rotatable bonds is 8. The maximum atomic E-state index is 12.2. The monoisotopic (exact) mass is 355 g/mol. The number of carbonyl (C=O) groups is 3. The molecule has 0 unspecified atom stereocenters. The van der Waals surface area contributed by atoms with Gasteiger partial charge < -0.3 is 15.2 Å². The van der Waals surface area contributed by atoms with Gasteiger partial charge in [0, 0.05) is 6.08 Å². The standard InChI is InChI=1S/C20H21NO5/c1-2-26-19(23)9-5-8-17(20(24)25)21-18(22)13-14-10-11-15-6-3-4-7-16(15)12-14/h3-7,9-12,17H,2,8,13H2,1H3,(H,21,22)(H,24,25)/b9-5+/t17-/m1/s1. The van der Waals surface area contributed by atoms with Crippen LogP contribution >= 0.6 is 0 Å². The summed E-state index contributed by atoms with van der Waals surface area (Å²) in [6.45, 7) is 1.92. The van der Waals surface area contributed by atoms with Gasteiger partial charge in [-0.1, -0.05) is 48.5 Å². The highest BCUT2D eigenvalue weighted by atomic mass is 16.5. The highest BCUT2D eigenvalue weighted by molar-refractivity contribution is 5.87. The lowest BCUT2D eigenvalue weighted by Gasteiger charge is -2.13. The van der Waals surface area contributed by atoms with Crippen LogP contribution in [0.15, 0.2) is 54.6 Å². The predicted octanol–water partition coefficient (Wildman–Crippen LogP) is 2.46. The van der Waals surface area contributed by atoms with E-state index in [-0.39, 0.29) is 19.4 Å². The molecule has 0 bridgehead atoms. The van der Waals surface area contributed by atoms with E-state index in [1.165, 1.54) is 6.08 Å². The molecule has 26 heavy (non-hydrogen) atoms. The molecule has 2 aromatic rings. The van der Waals surface area contributed by atoms with E-state index in [1.807, 2.05) is 42.5 Å². The average Bonchev–Trinajstić information content (AvgIpc) is 2.61. The summed E-state index contributed by atoms with van der Waals surface area (Å²) in [5.41, 5.74) is 0.799. The van der Waals surface area contributed by atoms with Crippen LogP contribution in [0.2, 0.25) is 0 Å². The zero-order chi connectivity index (χ0) is 18.9. The Morgan fingerprint density at radius 1 is 1.15 bits per heavy atom. The van der Waals surface area contributed by atoms with Crippen molar-refractivity contribution in [1.29, 1.82) is 0 Å². The van der Waals surface area contributed by atoms with Crippen LogP contribution in [0, 0.1) is 0 Å². The number of carboxylic acids is 1. The van der Waals surface area contributed by atoms with E-state index in [4.69, 9.17) is 4.74 Å². The first-order valence-electron chi connectivity index (χ1n) is 8.32. The minimum absolute atomic E-state index is 0.00237. The SMILES string of the molecule is CCOC(=O)/C=C/C[C@@H](NC(=O)Cc1ccc2ccccc2c1)C(=O)O. The minimum Gasteiger partial charge on any atom is -0.480 e. The van der Waals surface area contributed by atoms with E-state index in [9.17, 15) is 19.5 Å². The lowest BCUT2D eigenvalue weighted by molar-refractivity contribution is -0.141. The molecule has 0 saturated heterocycles. The highest BCUT2D eigenvalue weighted by Crippen LogP contribution is 2.16. The molecular formula is C20H21NO5. The van der Waals surface area contributed by atoms with Gasteiger partial charge in [0.2, 0.25) is 5.91 Å². The normalized spacial score (nSPS) is 12.0. The fraction of sp³-hybridized carbons (Fsp3) is 0.250. The number of nitrogens with one attached hydrogen (secondary N) is 1. The Bertz CT molecular complexity index is 828. The second-order valence-electron chi connectivity index (χ2n) is 5.71. The quantitative estimate of drug-likeness (QED) is 0.560. The van der Waals surface area contributed by atoms with Crippen molar-refractivity contribution < 1.29 is 24.2 Å². The predicted molar refractivity (Wildman–Crippen MR) is 97.6 cm³/mol. The lowest BCUT2D eigenvalue weighted by Crippen LogP contribution is -2.41. The third-order valence-electron chi connectivity index (χ3n) is 3.72. The van der Waals surface area contributed by atoms with Crippen LogP contribution in [-0.4, -0.2) is 35.6 Å². The van der Waals surface area contributed by atoms with Crippen LogP contribution in [-0.2, 0) is 25.5 Å². The molecule has 2 rings (SSSR count). The summed E-state index contributed by atoms with van der Waals surface area (Å²) in [6, 6.07) is 12.4. The van der Waals surface area contributed by atoms with Crippen LogP contribution in [0.1, 0.15) is 18.9 Å². The van der Waals surface area contributed by atoms with Crippen LogP contribution in [0.3, 0.4) is 0 Å². The number of esters is 1. The molecule has 2 N–H and O–H groups in total. The second kappa shape index (κ2) is 9.36. The molecule has 136 valence electrons. The van der Waals surface area contributed by atoms with Gasteiger partial charge in [-0.15, -0.1) is 0 Å². The van der Waals surface area contributed by atoms with Gasteiger partial charge >= 0.3 is 11.9 Å². The smallest absolute Gasteiger partial charge is 0.330 e. The zero-order valence-electron chi connectivity index (χ0n) is 14.5. The van der Waals surface area contributed by atoms with Crippen LogP contribution in [0.5, 0.6) is 0 Å². The maximum absolute atomic E-state index is 12.2. The number of hydrogen-bond acceptors (Lipinski definition) is 4. The zero-order valence-corrected chi connectivity index (χ0v) is 14.5. The summed E-state index contributed by atoms with van der Waals surface area (Å²) in [7, 11) is 0. The van der Waals surface area contributed by atoms with Crippen molar-refractivity contribution in [2.24, 2.45) is 0 Å². The van der Waals surface area contributed by atoms with Crippen molar-refractivity contribution in [2.45, 2.75) is 25.8 Å². The number of fused-ring (bicyclic) bond motifs is 1. The Hall–Kier alpha value is -3.15. The first kappa shape index (κ1) is 19.2. The highest BCUT2D eigenvalue weighted by Gasteiger charge is 2.18. The Kier molecular flexibility index (Phi) is 6.91. The summed E-state index contributed by atoms with van der Waals surface area (Å²) < 4.78 is 4.72. The van der Waals surface area contributed by atoms with Gasteiger partial charge in [0.25, 0.3) is 0 Å². The van der Waals surface area contributed by atoms with E-state index in [1.54, 1.807) is 6.92 Å². The van der Waals surface area contributed by atoms with Crippen molar-refractivity contribution >= 4 is 28.6 Å². The van der Waals surface area contributed by atoms with Gasteiger partial charge in [0.1, 0.15) is 6.04 Å². The molecule has 6 nitrogen and oxygen atoms in total. The van der Waals surface area contributed by atoms with Gasteiger partial charge in [-0.25, -0.2) is 9.59 Å². The minimum atomic E-state index is -1.16. The molecular weight excluding hydrogens is 334 g/mol. The summed E-state index contributed by atoms with van der Waals surface area (Å²) >= 11 is 0. The average molecular weight is 355 g/mol. The Labute approximate surface area is 151 Å². The number of carboxylic acid groups (broad SMARTS) is 1. The molecule has 0 aliphatic heterocycles. The topological polar surface area (TPSA) is 92.7 Å². The first-order chi connectivity index (χ1) is 12.5. The molecule has 1 amide bonds. The van der Waals surface area contributed by atoms with Gasteiger partial charge in [0.05, 0.1) is 13.0 Å². The van der Waals surface area contributed by atoms with E-state index in [0.29, 0.717) is 0 Å². The number of aliphatic carboxylic acids is 1. The van der Waals surface area contributed by atoms with E-state index in [2.05, 4.69) is 5.32 Å². The number of amides is 1. The summed E-state index contributed by atoms with van der Waals surface area (Å²) in [6.07, 6.45) is 2.62. The molecule has 0 saturated carbocycles. The second-order valence-corrected chi connectivity index (χ2v) is 5.71. The number of carbonyl (C=O) groups excluding carboxylic acids is 2. The molecule has 0 fully saturated rings. The van der Waals surface area contributed by atoms with Crippen molar-refractivity contribution in [3.63, 3.8) is 0 Å². The summed E-state index contributed by atoms with van der Waals surface area (Å²) in [5, 5.41) is 13.8. The number of ether oxygens (including phenoxy) is 1. The first-order valence-corrected chi connectivity index (χ1v) is 8.32. The maximum Gasteiger partial charge on any atom is 0.330 e. The third-order valence-corrected chi connectivity index (χ3v) is 3.72. The van der Waals surface area contributed by atoms with Gasteiger partial charge in [-0.05, 0) is 29.7 Å². The molecule has 2 aromatic carbocycles. The fourth-order valence-corrected chi connectivity index (χ4v) is 2.49. The summed E-state index contributed by atoms with van der Waals surface area (Å²) in [4.78, 5) is 34.7. The van der Waals surface area contributed by atoms with Crippen molar-refractivity contribution in [3.8, 4) is 0 Å². The van der Waals surface area contributed by atoms with Gasteiger partial charge in [-0.3, -0.25) is 4.79 Å². The van der Waals surface area contributed by atoms with Crippen LogP contribution in [0.25, 0.3) is 10.8 Å². The van der Waals surface area contributed by atoms with Crippen molar-refractivity contribution in [3.05, 3.63) is 60.2 Å². The fourth-order valence-electron chi connectivity index (χ4n) is 2.49. The molecule has 0 aliphatic rings. The van der Waals surface area contributed by atoms with Crippen molar-refractivity contribution in [1.82, 2.24) is 5.32 Å². The van der Waals surface area contributed by atoms with Crippen molar-refractivity contribution in [2.75, 3.05) is 6.61 Å².